The quantitative estimate of drug-likeness (QED) is 0.146. The number of aromatic nitrogens is 2. The molecule has 10 nitrogen and oxygen atoms in total. The van der Waals surface area contributed by atoms with Gasteiger partial charge in [-0.2, -0.15) is 15.8 Å². The number of nitriles is 3. The Morgan fingerprint density at radius 2 is 0.686 bits per heavy atom. The van der Waals surface area contributed by atoms with Gasteiger partial charge in [-0.25, -0.2) is 4.85 Å². The fraction of sp³-hybridized carbons (Fsp3) is 0. The molecule has 0 aliphatic carbocycles. The summed E-state index contributed by atoms with van der Waals surface area (Å²) in [7, 11) is 0. The van der Waals surface area contributed by atoms with Gasteiger partial charge in [0, 0.05) is 49.6 Å². The van der Waals surface area contributed by atoms with Crippen molar-refractivity contribution in [1.29, 1.82) is 15.8 Å². The van der Waals surface area contributed by atoms with Crippen LogP contribution < -0.4 is 19.3 Å². The SMILES string of the molecule is [C-]#[N+]c1ccc(-c2c(C#N)c(-c3ccc(C#N)cc3)c(-n3c4ccccc4c4cc(N5c6ccccc6Oc6ccccc65)ccc43)c(-c3ccc(C#N)cc3)c2-n2c3ccccc3c3cc(N4c5ccccc5Oc5ccccc54)ccc32)cc1. The number of nitrogens with zero attached hydrogens (tertiary/aromatic N) is 8. The van der Waals surface area contributed by atoms with E-state index in [1.807, 2.05) is 133 Å². The summed E-state index contributed by atoms with van der Waals surface area (Å²) in [6, 6.07) is 92.3. The molecule has 0 N–H and O–H groups in total. The van der Waals surface area contributed by atoms with E-state index in [0.29, 0.717) is 56.0 Å². The van der Waals surface area contributed by atoms with Gasteiger partial charge in [-0.3, -0.25) is 0 Å². The van der Waals surface area contributed by atoms with E-state index in [4.69, 9.17) is 16.0 Å². The van der Waals surface area contributed by atoms with Crippen LogP contribution in [0.3, 0.4) is 0 Å². The van der Waals surface area contributed by atoms with Crippen LogP contribution in [0.1, 0.15) is 16.7 Å². The minimum atomic E-state index is 0.376. The molecule has 10 heteroatoms. The van der Waals surface area contributed by atoms with E-state index < -0.39 is 0 Å². The highest BCUT2D eigenvalue weighted by atomic mass is 16.5. The van der Waals surface area contributed by atoms with Crippen LogP contribution in [0.5, 0.6) is 23.0 Å². The maximum Gasteiger partial charge on any atom is 0.187 e. The summed E-state index contributed by atoms with van der Waals surface area (Å²) >= 11 is 0. The standard InChI is InChI=1S/C76H42N8O2/c1-80-52-36-34-50(35-37-52)73-59(46-79)72(49-30-26-47(44-77)27-31-49)75(83-60-16-4-2-14-55(60)57-42-53(38-40-62(57)83)81-64-18-6-10-22-68(64)85-69-23-11-7-19-65(69)81)74(51-32-28-48(45-78)29-33-51)76(73)84-61-17-5-3-15-56(61)58-43-54(39-41-63(58)84)82-66-20-8-12-24-70(66)86-71-25-13-9-21-67(71)82/h2-43H. The third kappa shape index (κ3) is 7.49. The van der Waals surface area contributed by atoms with E-state index >= 15 is 0 Å². The van der Waals surface area contributed by atoms with E-state index in [2.05, 4.69) is 139 Å². The van der Waals surface area contributed by atoms with E-state index in [0.717, 1.165) is 112 Å². The molecule has 2 aromatic heterocycles. The van der Waals surface area contributed by atoms with Crippen LogP contribution in [0, 0.1) is 40.6 Å². The summed E-state index contributed by atoms with van der Waals surface area (Å²) in [5.74, 6) is 2.97. The Bertz CT molecular complexity index is 4970. The maximum atomic E-state index is 12.4. The Kier molecular flexibility index (Phi) is 11.2. The predicted molar refractivity (Wildman–Crippen MR) is 341 cm³/mol. The molecule has 12 aromatic carbocycles. The summed E-state index contributed by atoms with van der Waals surface area (Å²) in [6.45, 7) is 8.04. The van der Waals surface area contributed by atoms with Gasteiger partial charge in [-0.15, -0.1) is 0 Å². The average Bonchev–Trinajstić information content (AvgIpc) is 1.45. The zero-order valence-electron chi connectivity index (χ0n) is 45.6. The maximum absolute atomic E-state index is 12.4. The second-order valence-corrected chi connectivity index (χ2v) is 21.2. The van der Waals surface area contributed by atoms with Crippen molar-refractivity contribution in [3.63, 3.8) is 0 Å². The molecular formula is C76H42N8O2. The lowest BCUT2D eigenvalue weighted by molar-refractivity contribution is 0.477. The fourth-order valence-electron chi connectivity index (χ4n) is 12.9. The summed E-state index contributed by atoms with van der Waals surface area (Å²) in [6.07, 6.45) is 0. The summed E-state index contributed by atoms with van der Waals surface area (Å²) in [5.41, 5.74) is 16.4. The van der Waals surface area contributed by atoms with Crippen LogP contribution in [-0.2, 0) is 0 Å². The van der Waals surface area contributed by atoms with E-state index in [-0.39, 0.29) is 0 Å². The second-order valence-electron chi connectivity index (χ2n) is 21.2. The average molecular weight is 1100 g/mol. The molecule has 0 radical (unpaired) electrons. The number of fused-ring (bicyclic) bond motifs is 10. The molecule has 0 fully saturated rings. The lowest BCUT2D eigenvalue weighted by Crippen LogP contribution is -2.15. The van der Waals surface area contributed by atoms with Crippen molar-refractivity contribution in [1.82, 2.24) is 9.13 Å². The normalized spacial score (nSPS) is 12.0. The van der Waals surface area contributed by atoms with Gasteiger partial charge >= 0.3 is 0 Å². The van der Waals surface area contributed by atoms with Crippen LogP contribution in [0.25, 0.3) is 93.2 Å². The Balaban J connectivity index is 1.07. The summed E-state index contributed by atoms with van der Waals surface area (Å²) < 4.78 is 17.6. The molecule has 14 aromatic rings. The number of para-hydroxylation sites is 10. The molecule has 0 saturated heterocycles. The molecule has 2 aliphatic rings. The molecule has 0 atom stereocenters. The predicted octanol–water partition coefficient (Wildman–Crippen LogP) is 20.2. The van der Waals surface area contributed by atoms with Gasteiger partial charge in [-0.05, 0) is 138 Å². The molecule has 0 saturated carbocycles. The zero-order valence-corrected chi connectivity index (χ0v) is 45.6. The zero-order chi connectivity index (χ0) is 57.6. The van der Waals surface area contributed by atoms with Crippen molar-refractivity contribution in [3.8, 4) is 86.0 Å². The van der Waals surface area contributed by atoms with Crippen molar-refractivity contribution < 1.29 is 9.47 Å². The molecule has 0 unspecified atom stereocenters. The number of anilines is 6. The Morgan fingerprint density at radius 1 is 0.337 bits per heavy atom. The molecule has 398 valence electrons. The highest BCUT2D eigenvalue weighted by Crippen LogP contribution is 2.56. The number of hydrogen-bond acceptors (Lipinski definition) is 7. The number of benzene rings is 12. The highest BCUT2D eigenvalue weighted by molar-refractivity contribution is 6.16. The number of ether oxygens (including phenoxy) is 2. The molecule has 86 heavy (non-hydrogen) atoms. The van der Waals surface area contributed by atoms with Gasteiger partial charge in [0.05, 0.1) is 91.6 Å². The van der Waals surface area contributed by atoms with Crippen molar-refractivity contribution in [3.05, 3.63) is 283 Å². The summed E-state index contributed by atoms with van der Waals surface area (Å²) in [5, 5.41) is 36.9. The van der Waals surface area contributed by atoms with Gasteiger partial charge in [0.2, 0.25) is 0 Å². The van der Waals surface area contributed by atoms with E-state index in [1.54, 1.807) is 24.3 Å². The molecule has 0 amide bonds. The van der Waals surface area contributed by atoms with E-state index in [1.165, 1.54) is 0 Å². The van der Waals surface area contributed by atoms with Crippen molar-refractivity contribution in [2.45, 2.75) is 0 Å². The van der Waals surface area contributed by atoms with Gasteiger partial charge in [0.15, 0.2) is 28.7 Å². The first-order valence-electron chi connectivity index (χ1n) is 28.0. The van der Waals surface area contributed by atoms with Crippen LogP contribution in [0.2, 0.25) is 0 Å². The largest absolute Gasteiger partial charge is 0.453 e. The van der Waals surface area contributed by atoms with Crippen LogP contribution in [0.4, 0.5) is 39.8 Å². The Hall–Kier alpha value is -12.6. The topological polar surface area (TPSA) is 111 Å². The minimum absolute atomic E-state index is 0.376. The monoisotopic (exact) mass is 1100 g/mol. The number of hydrogen-bond donors (Lipinski definition) is 0. The van der Waals surface area contributed by atoms with Crippen molar-refractivity contribution >= 4 is 83.4 Å². The first kappa shape index (κ1) is 49.2. The van der Waals surface area contributed by atoms with Crippen LogP contribution >= 0.6 is 0 Å². The molecule has 16 rings (SSSR count). The molecule has 2 aliphatic heterocycles. The van der Waals surface area contributed by atoms with Gasteiger partial charge in [0.1, 0.15) is 6.07 Å². The van der Waals surface area contributed by atoms with Crippen LogP contribution in [-0.4, -0.2) is 9.13 Å². The van der Waals surface area contributed by atoms with Gasteiger partial charge in [-0.1, -0.05) is 133 Å². The fourth-order valence-corrected chi connectivity index (χ4v) is 12.9. The minimum Gasteiger partial charge on any atom is -0.453 e. The Morgan fingerprint density at radius 3 is 1.07 bits per heavy atom. The van der Waals surface area contributed by atoms with E-state index in [9.17, 15) is 15.8 Å². The van der Waals surface area contributed by atoms with Crippen molar-refractivity contribution in [2.75, 3.05) is 9.80 Å². The molecule has 0 bridgehead atoms. The molecule has 4 heterocycles. The number of rotatable bonds is 7. The second kappa shape index (κ2) is 19.6. The third-order valence-corrected chi connectivity index (χ3v) is 16.6. The Labute approximate surface area is 493 Å². The molecular weight excluding hydrogens is 1060 g/mol. The van der Waals surface area contributed by atoms with Gasteiger partial charge < -0.3 is 28.4 Å². The lowest BCUT2D eigenvalue weighted by Gasteiger charge is -2.33. The lowest BCUT2D eigenvalue weighted by atomic mass is 9.83. The molecule has 0 spiro atoms. The van der Waals surface area contributed by atoms with Gasteiger partial charge in [0.25, 0.3) is 0 Å². The first-order valence-corrected chi connectivity index (χ1v) is 28.0. The first-order chi connectivity index (χ1) is 42.5. The smallest absolute Gasteiger partial charge is 0.187 e. The highest BCUT2D eigenvalue weighted by Gasteiger charge is 2.34. The summed E-state index contributed by atoms with van der Waals surface area (Å²) in [4.78, 5) is 8.30. The van der Waals surface area contributed by atoms with Crippen molar-refractivity contribution in [2.24, 2.45) is 0 Å². The van der Waals surface area contributed by atoms with Crippen LogP contribution in [0.15, 0.2) is 255 Å². The third-order valence-electron chi connectivity index (χ3n) is 16.6.